The summed E-state index contributed by atoms with van der Waals surface area (Å²) in [5.74, 6) is 0.0472. The fourth-order valence-corrected chi connectivity index (χ4v) is 6.30. The molecule has 35 heavy (non-hydrogen) atoms. The summed E-state index contributed by atoms with van der Waals surface area (Å²) < 4.78 is 42.0. The number of rotatable bonds is 5. The van der Waals surface area contributed by atoms with E-state index in [0.29, 0.717) is 22.1 Å². The first-order valence-electron chi connectivity index (χ1n) is 10.9. The Morgan fingerprint density at radius 3 is 2.74 bits per heavy atom. The number of anilines is 2. The van der Waals surface area contributed by atoms with Gasteiger partial charge in [0.15, 0.2) is 9.99 Å². The largest absolute Gasteiger partial charge is 0.484 e. The van der Waals surface area contributed by atoms with E-state index < -0.39 is 27.8 Å². The van der Waals surface area contributed by atoms with Gasteiger partial charge >= 0.3 is 6.09 Å². The van der Waals surface area contributed by atoms with Gasteiger partial charge in [0, 0.05) is 24.2 Å². The third-order valence-electron chi connectivity index (χ3n) is 5.03. The fourth-order valence-electron chi connectivity index (χ4n) is 3.69. The highest BCUT2D eigenvalue weighted by Gasteiger charge is 2.38. The van der Waals surface area contributed by atoms with Crippen molar-refractivity contribution in [2.75, 3.05) is 22.7 Å². The number of sulfonamides is 1. The first-order chi connectivity index (χ1) is 16.3. The lowest BCUT2D eigenvalue weighted by Gasteiger charge is -2.35. The number of fused-ring (bicyclic) bond motifs is 2. The molecule has 0 radical (unpaired) electrons. The molecule has 2 aromatic heterocycles. The van der Waals surface area contributed by atoms with Crippen LogP contribution in [0.25, 0.3) is 4.96 Å². The van der Waals surface area contributed by atoms with E-state index >= 15 is 0 Å². The molecule has 0 fully saturated rings. The van der Waals surface area contributed by atoms with Gasteiger partial charge < -0.3 is 14.8 Å². The van der Waals surface area contributed by atoms with Crippen LogP contribution in [0.5, 0.6) is 5.75 Å². The van der Waals surface area contributed by atoms with Gasteiger partial charge in [-0.05, 0) is 45.9 Å². The quantitative estimate of drug-likeness (QED) is 0.527. The van der Waals surface area contributed by atoms with E-state index in [9.17, 15) is 18.0 Å². The van der Waals surface area contributed by atoms with Gasteiger partial charge in [-0.25, -0.2) is 9.78 Å². The number of thiazole rings is 1. The maximum atomic E-state index is 14.0. The summed E-state index contributed by atoms with van der Waals surface area (Å²) in [6, 6.07) is 4.69. The molecule has 0 bridgehead atoms. The Balaban J connectivity index is 1.75. The van der Waals surface area contributed by atoms with E-state index in [1.807, 2.05) is 0 Å². The molecule has 1 aliphatic heterocycles. The molecule has 3 heterocycles. The summed E-state index contributed by atoms with van der Waals surface area (Å²) in [6.07, 6.45) is 0.361. The molecule has 2 amide bonds. The maximum absolute atomic E-state index is 14.0. The van der Waals surface area contributed by atoms with Gasteiger partial charge in [0.1, 0.15) is 17.5 Å². The predicted octanol–water partition coefficient (Wildman–Crippen LogP) is 3.14. The molecule has 11 nitrogen and oxygen atoms in total. The topological polar surface area (TPSA) is 131 Å². The van der Waals surface area contributed by atoms with E-state index in [0.717, 1.165) is 0 Å². The first kappa shape index (κ1) is 24.8. The third kappa shape index (κ3) is 5.20. The van der Waals surface area contributed by atoms with E-state index in [4.69, 9.17) is 9.47 Å². The van der Waals surface area contributed by atoms with Crippen LogP contribution in [0.1, 0.15) is 33.4 Å². The van der Waals surface area contributed by atoms with E-state index in [2.05, 4.69) is 15.6 Å². The number of aromatic nitrogens is 2. The average molecular weight is 522 g/mol. The van der Waals surface area contributed by atoms with Gasteiger partial charge in [-0.2, -0.15) is 8.42 Å². The number of aryl methyl sites for hydroxylation is 1. The lowest BCUT2D eigenvalue weighted by atomic mass is 10.2. The Morgan fingerprint density at radius 1 is 1.31 bits per heavy atom. The van der Waals surface area contributed by atoms with Crippen molar-refractivity contribution >= 4 is 49.7 Å². The Kier molecular flexibility index (Phi) is 6.40. The van der Waals surface area contributed by atoms with Crippen molar-refractivity contribution in [2.45, 2.75) is 51.3 Å². The fraction of sp³-hybridized carbons (Fsp3) is 0.409. The molecule has 2 N–H and O–H groups in total. The number of hydrogen-bond acceptors (Lipinski definition) is 8. The van der Waals surface area contributed by atoms with Gasteiger partial charge in [0.2, 0.25) is 5.91 Å². The Morgan fingerprint density at radius 2 is 2.06 bits per heavy atom. The third-order valence-corrected chi connectivity index (χ3v) is 7.69. The van der Waals surface area contributed by atoms with Crippen LogP contribution < -0.4 is 19.7 Å². The Labute approximate surface area is 207 Å². The predicted molar refractivity (Wildman–Crippen MR) is 132 cm³/mol. The lowest BCUT2D eigenvalue weighted by molar-refractivity contribution is -0.119. The summed E-state index contributed by atoms with van der Waals surface area (Å²) in [6.45, 7) is 8.33. The maximum Gasteiger partial charge on any atom is 0.412 e. The minimum absolute atomic E-state index is 0.0466. The highest BCUT2D eigenvalue weighted by Crippen LogP contribution is 2.39. The van der Waals surface area contributed by atoms with Gasteiger partial charge in [-0.3, -0.25) is 18.8 Å². The minimum Gasteiger partial charge on any atom is -0.484 e. The second-order valence-electron chi connectivity index (χ2n) is 9.08. The molecule has 1 atom stereocenters. The molecule has 0 unspecified atom stereocenters. The van der Waals surface area contributed by atoms with Crippen molar-refractivity contribution in [3.05, 3.63) is 35.5 Å². The van der Waals surface area contributed by atoms with Crippen LogP contribution in [0.4, 0.5) is 16.2 Å². The zero-order chi connectivity index (χ0) is 25.5. The average Bonchev–Trinajstić information content (AvgIpc) is 3.30. The van der Waals surface area contributed by atoms with Crippen LogP contribution in [0.3, 0.4) is 0 Å². The number of hydrogen-bond donors (Lipinski definition) is 2. The van der Waals surface area contributed by atoms with Crippen molar-refractivity contribution in [1.29, 1.82) is 0 Å². The second kappa shape index (κ2) is 9.04. The van der Waals surface area contributed by atoms with Crippen molar-refractivity contribution in [3.63, 3.8) is 0 Å². The molecule has 3 aromatic rings. The molecule has 1 aliphatic rings. The molecule has 188 valence electrons. The molecule has 0 aliphatic carbocycles. The molecule has 0 saturated heterocycles. The van der Waals surface area contributed by atoms with Crippen LogP contribution in [-0.2, 0) is 19.6 Å². The number of nitrogens with zero attached hydrogens (tertiary/aromatic N) is 3. The molecular formula is C22H27N5O6S2. The van der Waals surface area contributed by atoms with Crippen LogP contribution in [0.2, 0.25) is 0 Å². The molecule has 0 saturated carbocycles. The van der Waals surface area contributed by atoms with E-state index in [-0.39, 0.29) is 29.7 Å². The number of benzene rings is 1. The standard InChI is InChI=1S/C22H27N5O6S2/c1-13-19(26-8-9-34-20(26)24-13)35(30,31)27-12-16(11-23-14(2)28)32-18-7-6-15(10-17(18)27)25-21(29)33-22(3,4)5/h6-10,16H,11-12H2,1-5H3,(H,23,28)(H,25,29)/t16-/m0/s1. The summed E-state index contributed by atoms with van der Waals surface area (Å²) in [5, 5.41) is 7.11. The van der Waals surface area contributed by atoms with Gasteiger partial charge in [0.25, 0.3) is 10.0 Å². The van der Waals surface area contributed by atoms with Gasteiger partial charge in [-0.1, -0.05) is 0 Å². The first-order valence-corrected chi connectivity index (χ1v) is 13.2. The number of carbonyl (C=O) groups is 2. The lowest BCUT2D eigenvalue weighted by Crippen LogP contribution is -2.48. The highest BCUT2D eigenvalue weighted by molar-refractivity contribution is 7.92. The number of nitrogens with one attached hydrogen (secondary N) is 2. The zero-order valence-electron chi connectivity index (χ0n) is 20.0. The number of carbonyl (C=O) groups excluding carboxylic acids is 2. The summed E-state index contributed by atoms with van der Waals surface area (Å²) in [5.41, 5.74) is 0.264. The number of ether oxygens (including phenoxy) is 2. The number of imidazole rings is 1. The molecule has 1 aromatic carbocycles. The molecular weight excluding hydrogens is 494 g/mol. The minimum atomic E-state index is -4.10. The zero-order valence-corrected chi connectivity index (χ0v) is 21.6. The monoisotopic (exact) mass is 521 g/mol. The number of amides is 2. The normalized spacial score (nSPS) is 15.9. The van der Waals surface area contributed by atoms with Crippen molar-refractivity contribution < 1.29 is 27.5 Å². The van der Waals surface area contributed by atoms with Crippen LogP contribution in [-0.4, -0.2) is 54.6 Å². The van der Waals surface area contributed by atoms with Crippen LogP contribution >= 0.6 is 11.3 Å². The van der Waals surface area contributed by atoms with Crippen molar-refractivity contribution in [1.82, 2.24) is 14.7 Å². The molecule has 13 heteroatoms. The summed E-state index contributed by atoms with van der Waals surface area (Å²) in [7, 11) is -4.10. The van der Waals surface area contributed by atoms with Gasteiger partial charge in [-0.15, -0.1) is 11.3 Å². The summed E-state index contributed by atoms with van der Waals surface area (Å²) in [4.78, 5) is 28.7. The SMILES string of the molecule is CC(=O)NC[C@H]1CN(S(=O)(=O)c2c(C)nc3sccn23)c2cc(NC(=O)OC(C)(C)C)ccc2O1. The van der Waals surface area contributed by atoms with Crippen LogP contribution in [0, 0.1) is 6.92 Å². The highest BCUT2D eigenvalue weighted by atomic mass is 32.2. The van der Waals surface area contributed by atoms with Crippen molar-refractivity contribution in [3.8, 4) is 5.75 Å². The molecule has 4 rings (SSSR count). The van der Waals surface area contributed by atoms with E-state index in [1.165, 1.54) is 33.0 Å². The molecule has 0 spiro atoms. The summed E-state index contributed by atoms with van der Waals surface area (Å²) >= 11 is 1.33. The Bertz CT molecular complexity index is 1390. The van der Waals surface area contributed by atoms with E-state index in [1.54, 1.807) is 51.4 Å². The van der Waals surface area contributed by atoms with Crippen molar-refractivity contribution in [2.24, 2.45) is 0 Å². The van der Waals surface area contributed by atoms with Gasteiger partial charge in [0.05, 0.1) is 24.5 Å². The van der Waals surface area contributed by atoms with Crippen LogP contribution in [0.15, 0.2) is 34.8 Å². The Hall–Kier alpha value is -3.32. The second-order valence-corrected chi connectivity index (χ2v) is 11.7. The smallest absolute Gasteiger partial charge is 0.412 e.